The minimum absolute atomic E-state index is 0.0367. The normalized spacial score (nSPS) is 12.4. The van der Waals surface area contributed by atoms with Crippen LogP contribution in [-0.4, -0.2) is 56.2 Å². The van der Waals surface area contributed by atoms with Crippen molar-refractivity contribution in [3.63, 3.8) is 0 Å². The molecule has 1 atom stereocenters. The molecule has 3 aromatic rings. The monoisotopic (exact) mass is 431 g/mol. The number of aliphatic hydroxyl groups is 1. The standard InChI is InChI=1S/C21H29N5O5/c1-14(2)30-11-7-10-22-20-23-18-17(19(28)24-21(29)25(18)3)26(20)12-15(27)13-31-16-8-5-4-6-9-16/h4-6,8-9,14-15,27H,7,10-13H2,1-3H3,(H,22,23)(H,24,28,29)/t15-/m0/s1. The Morgan fingerprint density at radius 2 is 1.97 bits per heavy atom. The van der Waals surface area contributed by atoms with Crippen molar-refractivity contribution in [2.75, 3.05) is 25.1 Å². The molecule has 168 valence electrons. The molecule has 0 radical (unpaired) electrons. The summed E-state index contributed by atoms with van der Waals surface area (Å²) in [4.78, 5) is 31.2. The molecule has 0 saturated heterocycles. The summed E-state index contributed by atoms with van der Waals surface area (Å²) in [5, 5.41) is 13.7. The number of fused-ring (bicyclic) bond motifs is 1. The Morgan fingerprint density at radius 3 is 2.68 bits per heavy atom. The zero-order valence-electron chi connectivity index (χ0n) is 18.0. The number of nitrogens with one attached hydrogen (secondary N) is 2. The summed E-state index contributed by atoms with van der Waals surface area (Å²) in [7, 11) is 1.53. The summed E-state index contributed by atoms with van der Waals surface area (Å²) in [6.07, 6.45) is -0.0208. The zero-order valence-corrected chi connectivity index (χ0v) is 18.0. The number of imidazole rings is 1. The number of anilines is 1. The Kier molecular flexibility index (Phi) is 7.48. The first kappa shape index (κ1) is 22.6. The maximum Gasteiger partial charge on any atom is 0.329 e. The SMILES string of the molecule is CC(C)OCCCNc1nc2c(c(=O)[nH]c(=O)n2C)n1C[C@H](O)COc1ccccc1. The van der Waals surface area contributed by atoms with Crippen molar-refractivity contribution in [1.29, 1.82) is 0 Å². The molecule has 3 N–H and O–H groups in total. The van der Waals surface area contributed by atoms with Crippen LogP contribution in [0.1, 0.15) is 20.3 Å². The fourth-order valence-electron chi connectivity index (χ4n) is 3.11. The summed E-state index contributed by atoms with van der Waals surface area (Å²) in [6.45, 7) is 5.18. The molecule has 10 heteroatoms. The van der Waals surface area contributed by atoms with Crippen LogP contribution in [0.5, 0.6) is 5.75 Å². The van der Waals surface area contributed by atoms with Gasteiger partial charge in [-0.2, -0.15) is 4.98 Å². The maximum absolute atomic E-state index is 12.5. The van der Waals surface area contributed by atoms with E-state index in [0.29, 0.717) is 24.8 Å². The summed E-state index contributed by atoms with van der Waals surface area (Å²) < 4.78 is 14.0. The van der Waals surface area contributed by atoms with E-state index in [1.807, 2.05) is 32.0 Å². The van der Waals surface area contributed by atoms with E-state index >= 15 is 0 Å². The fraction of sp³-hybridized carbons (Fsp3) is 0.476. The lowest BCUT2D eigenvalue weighted by Crippen LogP contribution is -2.31. The lowest BCUT2D eigenvalue weighted by Gasteiger charge is -2.16. The molecule has 31 heavy (non-hydrogen) atoms. The van der Waals surface area contributed by atoms with Gasteiger partial charge < -0.3 is 24.5 Å². The van der Waals surface area contributed by atoms with Crippen molar-refractivity contribution >= 4 is 17.1 Å². The van der Waals surface area contributed by atoms with Gasteiger partial charge in [-0.25, -0.2) is 4.79 Å². The van der Waals surface area contributed by atoms with Crippen LogP contribution < -0.4 is 21.3 Å². The minimum atomic E-state index is -0.904. The van der Waals surface area contributed by atoms with Gasteiger partial charge in [-0.3, -0.25) is 14.3 Å². The molecule has 0 amide bonds. The number of aromatic amines is 1. The van der Waals surface area contributed by atoms with Gasteiger partial charge >= 0.3 is 5.69 Å². The minimum Gasteiger partial charge on any atom is -0.491 e. The van der Waals surface area contributed by atoms with E-state index in [1.165, 1.54) is 11.6 Å². The maximum atomic E-state index is 12.5. The quantitative estimate of drug-likeness (QED) is 0.388. The highest BCUT2D eigenvalue weighted by Gasteiger charge is 2.19. The number of H-pyrrole nitrogens is 1. The van der Waals surface area contributed by atoms with Crippen LogP contribution in [0.3, 0.4) is 0 Å². The second-order valence-electron chi connectivity index (χ2n) is 7.51. The molecule has 0 aliphatic rings. The average Bonchev–Trinajstić information content (AvgIpc) is 3.09. The predicted molar refractivity (Wildman–Crippen MR) is 118 cm³/mol. The van der Waals surface area contributed by atoms with E-state index in [4.69, 9.17) is 9.47 Å². The highest BCUT2D eigenvalue weighted by molar-refractivity contribution is 5.74. The van der Waals surface area contributed by atoms with Crippen LogP contribution >= 0.6 is 0 Å². The Balaban J connectivity index is 1.80. The molecule has 0 spiro atoms. The largest absolute Gasteiger partial charge is 0.491 e. The van der Waals surface area contributed by atoms with Crippen LogP contribution in [0, 0.1) is 0 Å². The van der Waals surface area contributed by atoms with Crippen LogP contribution in [-0.2, 0) is 18.3 Å². The van der Waals surface area contributed by atoms with Gasteiger partial charge in [-0.1, -0.05) is 18.2 Å². The molecule has 0 fully saturated rings. The fourth-order valence-corrected chi connectivity index (χ4v) is 3.11. The van der Waals surface area contributed by atoms with Gasteiger partial charge in [0.15, 0.2) is 11.2 Å². The first-order chi connectivity index (χ1) is 14.9. The van der Waals surface area contributed by atoms with Gasteiger partial charge in [0, 0.05) is 20.2 Å². The Hall–Kier alpha value is -3.11. The molecule has 0 aliphatic heterocycles. The van der Waals surface area contributed by atoms with Crippen LogP contribution in [0.25, 0.3) is 11.2 Å². The lowest BCUT2D eigenvalue weighted by atomic mass is 10.3. The van der Waals surface area contributed by atoms with E-state index in [2.05, 4.69) is 15.3 Å². The number of para-hydroxylation sites is 1. The van der Waals surface area contributed by atoms with E-state index in [1.54, 1.807) is 16.7 Å². The topological polar surface area (TPSA) is 123 Å². The number of nitrogens with zero attached hydrogens (tertiary/aromatic N) is 3. The Labute approximate surface area is 179 Å². The Morgan fingerprint density at radius 1 is 1.23 bits per heavy atom. The molecule has 1 aromatic carbocycles. The number of aryl methyl sites for hydroxylation is 1. The summed E-state index contributed by atoms with van der Waals surface area (Å²) in [6, 6.07) is 9.16. The third-order valence-corrected chi connectivity index (χ3v) is 4.64. The van der Waals surface area contributed by atoms with Crippen molar-refractivity contribution in [1.82, 2.24) is 19.1 Å². The van der Waals surface area contributed by atoms with E-state index in [-0.39, 0.29) is 30.4 Å². The number of benzene rings is 1. The third-order valence-electron chi connectivity index (χ3n) is 4.64. The van der Waals surface area contributed by atoms with Gasteiger partial charge in [0.2, 0.25) is 5.95 Å². The van der Waals surface area contributed by atoms with E-state index in [9.17, 15) is 14.7 Å². The van der Waals surface area contributed by atoms with Crippen molar-refractivity contribution in [2.45, 2.75) is 39.0 Å². The van der Waals surface area contributed by atoms with Crippen molar-refractivity contribution < 1.29 is 14.6 Å². The van der Waals surface area contributed by atoms with Crippen molar-refractivity contribution in [3.8, 4) is 5.75 Å². The van der Waals surface area contributed by atoms with Gasteiger partial charge in [-0.15, -0.1) is 0 Å². The van der Waals surface area contributed by atoms with Gasteiger partial charge in [-0.05, 0) is 32.4 Å². The average molecular weight is 431 g/mol. The second-order valence-corrected chi connectivity index (χ2v) is 7.51. The van der Waals surface area contributed by atoms with Gasteiger partial charge in [0.25, 0.3) is 5.56 Å². The highest BCUT2D eigenvalue weighted by atomic mass is 16.5. The number of hydrogen-bond donors (Lipinski definition) is 3. The third kappa shape index (κ3) is 5.74. The second kappa shape index (κ2) is 10.3. The summed E-state index contributed by atoms with van der Waals surface area (Å²) in [5.41, 5.74) is -0.655. The van der Waals surface area contributed by atoms with Crippen molar-refractivity contribution in [2.24, 2.45) is 7.05 Å². The number of ether oxygens (including phenoxy) is 2. The zero-order chi connectivity index (χ0) is 22.4. The number of aliphatic hydroxyl groups excluding tert-OH is 1. The van der Waals surface area contributed by atoms with Gasteiger partial charge in [0.1, 0.15) is 18.5 Å². The molecule has 2 aromatic heterocycles. The molecule has 10 nitrogen and oxygen atoms in total. The molecular formula is C21H29N5O5. The van der Waals surface area contributed by atoms with Gasteiger partial charge in [0.05, 0.1) is 12.6 Å². The highest BCUT2D eigenvalue weighted by Crippen LogP contribution is 2.17. The van der Waals surface area contributed by atoms with Crippen LogP contribution in [0.2, 0.25) is 0 Å². The molecule has 2 heterocycles. The van der Waals surface area contributed by atoms with E-state index < -0.39 is 17.4 Å². The summed E-state index contributed by atoms with van der Waals surface area (Å²) >= 11 is 0. The van der Waals surface area contributed by atoms with Crippen LogP contribution in [0.15, 0.2) is 39.9 Å². The lowest BCUT2D eigenvalue weighted by molar-refractivity contribution is 0.0786. The first-order valence-corrected chi connectivity index (χ1v) is 10.3. The molecule has 3 rings (SSSR count). The smallest absolute Gasteiger partial charge is 0.329 e. The number of rotatable bonds is 11. The van der Waals surface area contributed by atoms with E-state index in [0.717, 1.165) is 6.42 Å². The molecule has 0 bridgehead atoms. The predicted octanol–water partition coefficient (Wildman–Crippen LogP) is 1.09. The molecule has 0 unspecified atom stereocenters. The first-order valence-electron chi connectivity index (χ1n) is 10.3. The Bertz CT molecular complexity index is 1100. The number of aromatic nitrogens is 4. The molecule has 0 saturated carbocycles. The molecular weight excluding hydrogens is 402 g/mol. The molecule has 0 aliphatic carbocycles. The van der Waals surface area contributed by atoms with Crippen molar-refractivity contribution in [3.05, 3.63) is 51.2 Å². The van der Waals surface area contributed by atoms with Crippen LogP contribution in [0.4, 0.5) is 5.95 Å². The number of hydrogen-bond acceptors (Lipinski definition) is 7. The summed E-state index contributed by atoms with van der Waals surface area (Å²) in [5.74, 6) is 1.03.